The van der Waals surface area contributed by atoms with Crippen LogP contribution in [0.4, 0.5) is 14.5 Å². The molecule has 0 atom stereocenters. The number of nitrogens with zero attached hydrogens (tertiary/aromatic N) is 4. The molecule has 26 heavy (non-hydrogen) atoms. The number of carbonyl (C=O) groups excluding carboxylic acids is 1. The molecule has 8 heteroatoms. The molecule has 2 heterocycles. The fourth-order valence-electron chi connectivity index (χ4n) is 3.45. The lowest BCUT2D eigenvalue weighted by Crippen LogP contribution is -2.54. The van der Waals surface area contributed by atoms with E-state index in [9.17, 15) is 13.6 Å². The van der Waals surface area contributed by atoms with Crippen LogP contribution in [0.2, 0.25) is 0 Å². The molecule has 2 saturated heterocycles. The lowest BCUT2D eigenvalue weighted by Gasteiger charge is -2.37. The van der Waals surface area contributed by atoms with Gasteiger partial charge in [0, 0.05) is 52.4 Å². The molecule has 142 valence electrons. The van der Waals surface area contributed by atoms with Crippen LogP contribution in [-0.2, 0) is 4.79 Å². The lowest BCUT2D eigenvalue weighted by molar-refractivity contribution is -0.128. The third-order valence-corrected chi connectivity index (χ3v) is 4.90. The number of guanidine groups is 1. The van der Waals surface area contributed by atoms with E-state index in [2.05, 4.69) is 10.3 Å². The maximum atomic E-state index is 13.9. The van der Waals surface area contributed by atoms with Crippen LogP contribution in [0.5, 0.6) is 0 Å². The molecule has 0 radical (unpaired) electrons. The van der Waals surface area contributed by atoms with Crippen molar-refractivity contribution in [2.45, 2.75) is 12.8 Å². The summed E-state index contributed by atoms with van der Waals surface area (Å²) in [6.45, 7) is 4.24. The predicted octanol–water partition coefficient (Wildman–Crippen LogP) is 1.28. The van der Waals surface area contributed by atoms with E-state index in [4.69, 9.17) is 0 Å². The van der Waals surface area contributed by atoms with E-state index in [-0.39, 0.29) is 18.1 Å². The molecule has 3 rings (SSSR count). The molecule has 1 aromatic carbocycles. The van der Waals surface area contributed by atoms with Gasteiger partial charge in [0.05, 0.1) is 12.2 Å². The molecule has 0 aromatic heterocycles. The van der Waals surface area contributed by atoms with Crippen molar-refractivity contribution < 1.29 is 13.6 Å². The van der Waals surface area contributed by atoms with Crippen molar-refractivity contribution in [1.82, 2.24) is 15.1 Å². The first-order valence-corrected chi connectivity index (χ1v) is 9.02. The molecule has 2 aliphatic rings. The highest BCUT2D eigenvalue weighted by molar-refractivity contribution is 5.86. The van der Waals surface area contributed by atoms with E-state index < -0.39 is 11.6 Å². The van der Waals surface area contributed by atoms with Gasteiger partial charge in [-0.1, -0.05) is 0 Å². The van der Waals surface area contributed by atoms with Crippen molar-refractivity contribution in [3.05, 3.63) is 29.8 Å². The fraction of sp³-hybridized carbons (Fsp3) is 0.556. The van der Waals surface area contributed by atoms with Crippen LogP contribution in [0.1, 0.15) is 12.8 Å². The smallest absolute Gasteiger partial charge is 0.241 e. The molecule has 1 aromatic rings. The zero-order valence-electron chi connectivity index (χ0n) is 15.0. The minimum Gasteiger partial charge on any atom is -0.366 e. The number of piperazine rings is 1. The van der Waals surface area contributed by atoms with Gasteiger partial charge in [-0.15, -0.1) is 0 Å². The largest absolute Gasteiger partial charge is 0.366 e. The van der Waals surface area contributed by atoms with Gasteiger partial charge >= 0.3 is 0 Å². The van der Waals surface area contributed by atoms with Crippen LogP contribution < -0.4 is 10.2 Å². The van der Waals surface area contributed by atoms with Gasteiger partial charge in [0.25, 0.3) is 0 Å². The molecular weight excluding hydrogens is 340 g/mol. The number of nitrogens with one attached hydrogen (secondary N) is 1. The van der Waals surface area contributed by atoms with Crippen LogP contribution in [-0.4, -0.2) is 74.5 Å². The second-order valence-electron chi connectivity index (χ2n) is 6.56. The number of hydrogen-bond acceptors (Lipinski definition) is 3. The Morgan fingerprint density at radius 2 is 1.77 bits per heavy atom. The number of halogens is 2. The third kappa shape index (κ3) is 4.23. The summed E-state index contributed by atoms with van der Waals surface area (Å²) in [5.41, 5.74) is 0.289. The summed E-state index contributed by atoms with van der Waals surface area (Å²) in [6.07, 6.45) is 2.14. The number of rotatable bonds is 3. The quantitative estimate of drug-likeness (QED) is 0.648. The topological polar surface area (TPSA) is 51.2 Å². The molecule has 0 unspecified atom stereocenters. The zero-order valence-corrected chi connectivity index (χ0v) is 15.0. The number of likely N-dealkylation sites (tertiary alicyclic amines) is 1. The highest BCUT2D eigenvalue weighted by atomic mass is 19.1. The maximum absolute atomic E-state index is 13.9. The van der Waals surface area contributed by atoms with Crippen molar-refractivity contribution in [2.75, 3.05) is 57.8 Å². The van der Waals surface area contributed by atoms with Gasteiger partial charge in [0.15, 0.2) is 5.96 Å². The Bertz CT molecular complexity index is 668. The van der Waals surface area contributed by atoms with Crippen molar-refractivity contribution in [3.8, 4) is 0 Å². The Kier molecular flexibility index (Phi) is 5.90. The second kappa shape index (κ2) is 8.33. The van der Waals surface area contributed by atoms with E-state index in [1.807, 2.05) is 14.7 Å². The third-order valence-electron chi connectivity index (χ3n) is 4.90. The summed E-state index contributed by atoms with van der Waals surface area (Å²) in [5, 5.41) is 3.12. The molecule has 1 amide bonds. The summed E-state index contributed by atoms with van der Waals surface area (Å²) in [7, 11) is 1.68. The first-order chi connectivity index (χ1) is 12.6. The van der Waals surface area contributed by atoms with Crippen LogP contribution in [0, 0.1) is 11.6 Å². The number of anilines is 1. The molecule has 0 bridgehead atoms. The second-order valence-corrected chi connectivity index (χ2v) is 6.56. The minimum absolute atomic E-state index is 0.0871. The standard InChI is InChI=1S/C18H25F2N5O/c1-21-18(22-13-17(26)24-6-2-3-7-24)25-10-8-23(9-11-25)16-12-14(19)4-5-15(16)20/h4-5,12H,2-3,6-11,13H2,1H3,(H,21,22). The molecule has 0 aliphatic carbocycles. The van der Waals surface area contributed by atoms with Gasteiger partial charge in [-0.2, -0.15) is 0 Å². The Morgan fingerprint density at radius 1 is 1.08 bits per heavy atom. The first kappa shape index (κ1) is 18.4. The fourth-order valence-corrected chi connectivity index (χ4v) is 3.45. The monoisotopic (exact) mass is 365 g/mol. The van der Waals surface area contributed by atoms with Gasteiger partial charge in [-0.25, -0.2) is 8.78 Å². The van der Waals surface area contributed by atoms with E-state index >= 15 is 0 Å². The average Bonchev–Trinajstić information content (AvgIpc) is 3.19. The Balaban J connectivity index is 1.52. The first-order valence-electron chi connectivity index (χ1n) is 9.02. The van der Waals surface area contributed by atoms with E-state index in [0.717, 1.165) is 38.1 Å². The summed E-state index contributed by atoms with van der Waals surface area (Å²) in [6, 6.07) is 3.51. The minimum atomic E-state index is -0.443. The van der Waals surface area contributed by atoms with Gasteiger partial charge in [0.2, 0.25) is 5.91 Å². The van der Waals surface area contributed by atoms with Gasteiger partial charge < -0.3 is 20.0 Å². The summed E-state index contributed by atoms with van der Waals surface area (Å²) in [4.78, 5) is 22.1. The maximum Gasteiger partial charge on any atom is 0.241 e. The van der Waals surface area contributed by atoms with E-state index in [1.165, 1.54) is 6.07 Å². The van der Waals surface area contributed by atoms with Crippen LogP contribution in [0.25, 0.3) is 0 Å². The van der Waals surface area contributed by atoms with Gasteiger partial charge in [0.1, 0.15) is 11.6 Å². The molecule has 1 N–H and O–H groups in total. The molecule has 2 aliphatic heterocycles. The summed E-state index contributed by atoms with van der Waals surface area (Å²) >= 11 is 0. The number of carbonyl (C=O) groups is 1. The zero-order chi connectivity index (χ0) is 18.5. The lowest BCUT2D eigenvalue weighted by atomic mass is 10.2. The SMILES string of the molecule is CN=C(NCC(=O)N1CCCC1)N1CCN(c2cc(F)ccc2F)CC1. The highest BCUT2D eigenvalue weighted by Gasteiger charge is 2.23. The number of hydrogen-bond donors (Lipinski definition) is 1. The Labute approximate surface area is 152 Å². The molecular formula is C18H25F2N5O. The van der Waals surface area contributed by atoms with Crippen molar-refractivity contribution in [2.24, 2.45) is 4.99 Å². The number of benzene rings is 1. The van der Waals surface area contributed by atoms with Crippen LogP contribution >= 0.6 is 0 Å². The number of aliphatic imine (C=N–C) groups is 1. The van der Waals surface area contributed by atoms with Gasteiger partial charge in [-0.3, -0.25) is 9.79 Å². The summed E-state index contributed by atoms with van der Waals surface area (Å²) < 4.78 is 27.3. The normalized spacial score (nSPS) is 18.4. The Morgan fingerprint density at radius 3 is 2.42 bits per heavy atom. The van der Waals surface area contributed by atoms with Crippen molar-refractivity contribution >= 4 is 17.6 Å². The average molecular weight is 365 g/mol. The molecule has 2 fully saturated rings. The Hall–Kier alpha value is -2.38. The van der Waals surface area contributed by atoms with E-state index in [0.29, 0.717) is 32.1 Å². The van der Waals surface area contributed by atoms with Crippen LogP contribution in [0.3, 0.4) is 0 Å². The number of amides is 1. The van der Waals surface area contributed by atoms with Gasteiger partial charge in [-0.05, 0) is 25.0 Å². The molecule has 0 spiro atoms. The molecule has 6 nitrogen and oxygen atoms in total. The van der Waals surface area contributed by atoms with Crippen molar-refractivity contribution in [1.29, 1.82) is 0 Å². The molecule has 0 saturated carbocycles. The predicted molar refractivity (Wildman–Crippen MR) is 97.3 cm³/mol. The van der Waals surface area contributed by atoms with E-state index in [1.54, 1.807) is 7.05 Å². The van der Waals surface area contributed by atoms with Crippen LogP contribution in [0.15, 0.2) is 23.2 Å². The summed E-state index contributed by atoms with van der Waals surface area (Å²) in [5.74, 6) is -0.110. The van der Waals surface area contributed by atoms with Crippen molar-refractivity contribution in [3.63, 3.8) is 0 Å². The highest BCUT2D eigenvalue weighted by Crippen LogP contribution is 2.21.